The van der Waals surface area contributed by atoms with E-state index in [0.29, 0.717) is 0 Å². The van der Waals surface area contributed by atoms with Gasteiger partial charge in [-0.15, -0.1) is 0 Å². The van der Waals surface area contributed by atoms with Gasteiger partial charge in [-0.2, -0.15) is 12.6 Å². The van der Waals surface area contributed by atoms with Crippen LogP contribution >= 0.6 is 12.6 Å². The molecule has 0 spiro atoms. The van der Waals surface area contributed by atoms with E-state index >= 15 is 0 Å². The Morgan fingerprint density at radius 2 is 2.15 bits per heavy atom. The van der Waals surface area contributed by atoms with Gasteiger partial charge < -0.3 is 5.32 Å². The molecule has 2 nitrogen and oxygen atoms in total. The molecule has 1 rings (SSSR count). The van der Waals surface area contributed by atoms with E-state index in [-0.39, 0.29) is 11.7 Å². The van der Waals surface area contributed by atoms with Gasteiger partial charge in [0, 0.05) is 5.69 Å². The quantitative estimate of drug-likeness (QED) is 0.696. The van der Waals surface area contributed by atoms with Gasteiger partial charge in [-0.1, -0.05) is 17.7 Å². The molecule has 1 amide bonds. The minimum absolute atomic E-state index is 0.0738. The number of nitrogens with one attached hydrogen (secondary N) is 1. The minimum atomic E-state index is -0.0738. The summed E-state index contributed by atoms with van der Waals surface area (Å²) in [7, 11) is 0. The Kier molecular flexibility index (Phi) is 3.37. The first-order valence-electron chi connectivity index (χ1n) is 4.11. The molecule has 1 N–H and O–H groups in total. The molecule has 0 bridgehead atoms. The monoisotopic (exact) mass is 195 g/mol. The predicted molar refractivity (Wildman–Crippen MR) is 58.4 cm³/mol. The first-order chi connectivity index (χ1) is 6.13. The van der Waals surface area contributed by atoms with Crippen molar-refractivity contribution in [2.75, 3.05) is 11.1 Å². The Morgan fingerprint density at radius 1 is 1.46 bits per heavy atom. The molecule has 0 aliphatic rings. The second-order valence-corrected chi connectivity index (χ2v) is 3.34. The van der Waals surface area contributed by atoms with Crippen LogP contribution in [0.4, 0.5) is 5.69 Å². The summed E-state index contributed by atoms with van der Waals surface area (Å²) >= 11 is 3.89. The number of hydrogen-bond acceptors (Lipinski definition) is 2. The fourth-order valence-electron chi connectivity index (χ4n) is 1.14. The number of benzene rings is 1. The number of hydrogen-bond donors (Lipinski definition) is 2. The largest absolute Gasteiger partial charge is 0.325 e. The Labute approximate surface area is 83.8 Å². The van der Waals surface area contributed by atoms with Crippen LogP contribution in [0.5, 0.6) is 0 Å². The van der Waals surface area contributed by atoms with Crippen LogP contribution in [0.25, 0.3) is 0 Å². The number of thiol groups is 1. The van der Waals surface area contributed by atoms with Gasteiger partial charge in [-0.25, -0.2) is 0 Å². The van der Waals surface area contributed by atoms with Crippen LogP contribution < -0.4 is 5.32 Å². The van der Waals surface area contributed by atoms with Crippen molar-refractivity contribution in [2.45, 2.75) is 13.8 Å². The van der Waals surface area contributed by atoms with Crippen molar-refractivity contribution in [3.63, 3.8) is 0 Å². The number of carbonyl (C=O) groups is 1. The SMILES string of the molecule is Cc1ccc(NC(=O)CS)c(C)c1. The summed E-state index contributed by atoms with van der Waals surface area (Å²) in [6, 6.07) is 5.92. The van der Waals surface area contributed by atoms with E-state index in [9.17, 15) is 4.79 Å². The first kappa shape index (κ1) is 10.1. The van der Waals surface area contributed by atoms with Gasteiger partial charge >= 0.3 is 0 Å². The molecule has 0 heterocycles. The van der Waals surface area contributed by atoms with E-state index in [4.69, 9.17) is 0 Å². The van der Waals surface area contributed by atoms with Crippen molar-refractivity contribution in [1.82, 2.24) is 0 Å². The van der Waals surface area contributed by atoms with E-state index in [1.165, 1.54) is 5.56 Å². The lowest BCUT2D eigenvalue weighted by atomic mass is 10.1. The van der Waals surface area contributed by atoms with Gasteiger partial charge in [0.25, 0.3) is 0 Å². The standard InChI is InChI=1S/C10H13NOS/c1-7-3-4-9(8(2)5-7)11-10(12)6-13/h3-5,13H,6H2,1-2H3,(H,11,12). The molecule has 3 heteroatoms. The summed E-state index contributed by atoms with van der Waals surface area (Å²) < 4.78 is 0. The maximum atomic E-state index is 11.0. The summed E-state index contributed by atoms with van der Waals surface area (Å²) in [4.78, 5) is 11.0. The van der Waals surface area contributed by atoms with Crippen molar-refractivity contribution in [2.24, 2.45) is 0 Å². The van der Waals surface area contributed by atoms with Crippen molar-refractivity contribution >= 4 is 24.2 Å². The van der Waals surface area contributed by atoms with Crippen LogP contribution in [0.2, 0.25) is 0 Å². The number of aryl methyl sites for hydroxylation is 2. The minimum Gasteiger partial charge on any atom is -0.325 e. The van der Waals surface area contributed by atoms with E-state index in [1.54, 1.807) is 0 Å². The molecule has 70 valence electrons. The second-order valence-electron chi connectivity index (χ2n) is 3.02. The summed E-state index contributed by atoms with van der Waals surface area (Å²) in [5, 5.41) is 2.77. The maximum Gasteiger partial charge on any atom is 0.234 e. The van der Waals surface area contributed by atoms with Gasteiger partial charge in [0.2, 0.25) is 5.91 Å². The molecular formula is C10H13NOS. The molecule has 0 aliphatic heterocycles. The summed E-state index contributed by atoms with van der Waals surface area (Å²) in [5.41, 5.74) is 3.14. The zero-order valence-corrected chi connectivity index (χ0v) is 8.69. The average molecular weight is 195 g/mol. The smallest absolute Gasteiger partial charge is 0.234 e. The van der Waals surface area contributed by atoms with Crippen LogP contribution in [0.15, 0.2) is 18.2 Å². The molecule has 0 aliphatic carbocycles. The third-order valence-electron chi connectivity index (χ3n) is 1.80. The van der Waals surface area contributed by atoms with Crippen molar-refractivity contribution in [3.05, 3.63) is 29.3 Å². The van der Waals surface area contributed by atoms with E-state index < -0.39 is 0 Å². The molecule has 1 aromatic carbocycles. The van der Waals surface area contributed by atoms with E-state index in [0.717, 1.165) is 11.3 Å². The van der Waals surface area contributed by atoms with Crippen LogP contribution in [0.1, 0.15) is 11.1 Å². The Morgan fingerprint density at radius 3 is 2.69 bits per heavy atom. The van der Waals surface area contributed by atoms with E-state index in [2.05, 4.69) is 17.9 Å². The molecule has 0 saturated heterocycles. The van der Waals surface area contributed by atoms with Crippen LogP contribution in [-0.2, 0) is 4.79 Å². The molecule has 0 unspecified atom stereocenters. The van der Waals surface area contributed by atoms with Crippen molar-refractivity contribution in [1.29, 1.82) is 0 Å². The molecule has 0 saturated carbocycles. The third kappa shape index (κ3) is 2.77. The molecular weight excluding hydrogens is 182 g/mol. The first-order valence-corrected chi connectivity index (χ1v) is 4.74. The zero-order chi connectivity index (χ0) is 9.84. The Balaban J connectivity index is 2.83. The van der Waals surface area contributed by atoms with Gasteiger partial charge in [0.1, 0.15) is 0 Å². The fraction of sp³-hybridized carbons (Fsp3) is 0.300. The zero-order valence-electron chi connectivity index (χ0n) is 7.79. The average Bonchev–Trinajstić information content (AvgIpc) is 2.09. The topological polar surface area (TPSA) is 29.1 Å². The molecule has 0 atom stereocenters. The molecule has 0 radical (unpaired) electrons. The van der Waals surface area contributed by atoms with Gasteiger partial charge in [-0.05, 0) is 25.5 Å². The number of anilines is 1. The lowest BCUT2D eigenvalue weighted by Crippen LogP contribution is -2.13. The summed E-state index contributed by atoms with van der Waals surface area (Å²) in [5.74, 6) is 0.142. The molecule has 0 fully saturated rings. The number of amides is 1. The molecule has 1 aromatic rings. The number of rotatable bonds is 2. The Bertz CT molecular complexity index is 323. The van der Waals surface area contributed by atoms with Crippen molar-refractivity contribution in [3.8, 4) is 0 Å². The highest BCUT2D eigenvalue weighted by Gasteiger charge is 2.01. The third-order valence-corrected chi connectivity index (χ3v) is 2.09. The van der Waals surface area contributed by atoms with E-state index in [1.807, 2.05) is 32.0 Å². The van der Waals surface area contributed by atoms with Gasteiger partial charge in [0.05, 0.1) is 5.75 Å². The fourth-order valence-corrected chi connectivity index (χ4v) is 1.22. The summed E-state index contributed by atoms with van der Waals surface area (Å²) in [6.07, 6.45) is 0. The lowest BCUT2D eigenvalue weighted by molar-refractivity contribution is -0.113. The number of carbonyl (C=O) groups excluding carboxylic acids is 1. The van der Waals surface area contributed by atoms with Gasteiger partial charge in [-0.3, -0.25) is 4.79 Å². The maximum absolute atomic E-state index is 11.0. The van der Waals surface area contributed by atoms with Crippen LogP contribution in [0, 0.1) is 13.8 Å². The van der Waals surface area contributed by atoms with Crippen molar-refractivity contribution < 1.29 is 4.79 Å². The van der Waals surface area contributed by atoms with Crippen LogP contribution in [-0.4, -0.2) is 11.7 Å². The lowest BCUT2D eigenvalue weighted by Gasteiger charge is -2.07. The highest BCUT2D eigenvalue weighted by molar-refractivity contribution is 7.81. The second kappa shape index (κ2) is 4.33. The summed E-state index contributed by atoms with van der Waals surface area (Å²) in [6.45, 7) is 4.00. The highest BCUT2D eigenvalue weighted by Crippen LogP contribution is 2.15. The van der Waals surface area contributed by atoms with Crippen LogP contribution in [0.3, 0.4) is 0 Å². The highest BCUT2D eigenvalue weighted by atomic mass is 32.1. The molecule has 0 aromatic heterocycles. The molecule has 13 heavy (non-hydrogen) atoms. The normalized spacial score (nSPS) is 9.77. The predicted octanol–water partition coefficient (Wildman–Crippen LogP) is 2.17. The van der Waals surface area contributed by atoms with Gasteiger partial charge in [0.15, 0.2) is 0 Å². The Hall–Kier alpha value is -0.960.